The first-order chi connectivity index (χ1) is 9.97. The molecule has 0 aromatic heterocycles. The lowest BCUT2D eigenvalue weighted by Crippen LogP contribution is -2.54. The van der Waals surface area contributed by atoms with Crippen molar-refractivity contribution in [3.05, 3.63) is 0 Å². The normalized spacial score (nSPS) is 21.5. The minimum atomic E-state index is -0.165. The summed E-state index contributed by atoms with van der Waals surface area (Å²) in [6, 6.07) is 0. The van der Waals surface area contributed by atoms with Gasteiger partial charge >= 0.3 is 0 Å². The molecule has 6 heteroatoms. The second kappa shape index (κ2) is 8.16. The maximum Gasteiger partial charge on any atom is 0.225 e. The van der Waals surface area contributed by atoms with Crippen LogP contribution < -0.4 is 11.1 Å². The van der Waals surface area contributed by atoms with E-state index in [-0.39, 0.29) is 41.6 Å². The van der Waals surface area contributed by atoms with Gasteiger partial charge in [-0.25, -0.2) is 0 Å². The van der Waals surface area contributed by atoms with Crippen molar-refractivity contribution in [2.45, 2.75) is 57.9 Å². The number of halogens is 1. The summed E-state index contributed by atoms with van der Waals surface area (Å²) in [6.07, 6.45) is 5.84. The number of likely N-dealkylation sites (tertiary alicyclic amines) is 1. The first kappa shape index (κ1) is 19.2. The lowest BCUT2D eigenvalue weighted by Gasteiger charge is -2.35. The van der Waals surface area contributed by atoms with Gasteiger partial charge in [-0.1, -0.05) is 26.7 Å². The van der Waals surface area contributed by atoms with Gasteiger partial charge in [0.05, 0.1) is 5.54 Å². The number of nitrogens with one attached hydrogen (secondary N) is 1. The Morgan fingerprint density at radius 1 is 1.23 bits per heavy atom. The highest BCUT2D eigenvalue weighted by Crippen LogP contribution is 2.30. The molecule has 1 aliphatic heterocycles. The number of nitrogens with zero attached hydrogens (tertiary/aromatic N) is 1. The number of amides is 2. The highest BCUT2D eigenvalue weighted by molar-refractivity contribution is 5.85. The van der Waals surface area contributed by atoms with E-state index in [2.05, 4.69) is 5.32 Å². The van der Waals surface area contributed by atoms with Gasteiger partial charge in [0.15, 0.2) is 0 Å². The Morgan fingerprint density at radius 2 is 1.77 bits per heavy atom. The standard InChI is InChI=1S/C16H29N3O2.ClH/c1-12(2)15(21)19-9-5-13(6-10-19)14(20)18-16(11-17)7-3-4-8-16;/h12-13H,3-11,17H2,1-2H3,(H,18,20);1H. The molecule has 128 valence electrons. The van der Waals surface area contributed by atoms with Crippen LogP contribution in [0.4, 0.5) is 0 Å². The summed E-state index contributed by atoms with van der Waals surface area (Å²) in [5.74, 6) is 0.404. The Bertz CT molecular complexity index is 387. The molecule has 0 aromatic rings. The average Bonchev–Trinajstić information content (AvgIpc) is 2.95. The molecule has 0 aromatic carbocycles. The van der Waals surface area contributed by atoms with Crippen LogP contribution in [0.2, 0.25) is 0 Å². The third-order valence-electron chi connectivity index (χ3n) is 5.01. The molecule has 1 saturated heterocycles. The number of piperidine rings is 1. The van der Waals surface area contributed by atoms with Crippen molar-refractivity contribution in [1.29, 1.82) is 0 Å². The fourth-order valence-corrected chi connectivity index (χ4v) is 3.52. The summed E-state index contributed by atoms with van der Waals surface area (Å²) in [7, 11) is 0. The first-order valence-electron chi connectivity index (χ1n) is 8.28. The molecule has 5 nitrogen and oxygen atoms in total. The lowest BCUT2D eigenvalue weighted by molar-refractivity contribution is -0.138. The van der Waals surface area contributed by atoms with Gasteiger partial charge in [-0.3, -0.25) is 9.59 Å². The summed E-state index contributed by atoms with van der Waals surface area (Å²) in [6.45, 7) is 5.78. The molecule has 0 radical (unpaired) electrons. The van der Waals surface area contributed by atoms with Crippen LogP contribution in [-0.4, -0.2) is 41.9 Å². The minimum absolute atomic E-state index is 0. The number of carbonyl (C=O) groups excluding carboxylic acids is 2. The van der Waals surface area contributed by atoms with Crippen molar-refractivity contribution in [2.75, 3.05) is 19.6 Å². The summed E-state index contributed by atoms with van der Waals surface area (Å²) < 4.78 is 0. The second-order valence-electron chi connectivity index (χ2n) is 6.94. The SMILES string of the molecule is CC(C)C(=O)N1CCC(C(=O)NC2(CN)CCCC2)CC1.Cl. The van der Waals surface area contributed by atoms with Crippen LogP contribution in [0.5, 0.6) is 0 Å². The van der Waals surface area contributed by atoms with Gasteiger partial charge in [0.25, 0.3) is 0 Å². The molecular formula is C16H30ClN3O2. The van der Waals surface area contributed by atoms with E-state index in [0.717, 1.165) is 38.5 Å². The molecule has 0 bridgehead atoms. The third kappa shape index (κ3) is 4.35. The zero-order valence-electron chi connectivity index (χ0n) is 13.8. The number of carbonyl (C=O) groups is 2. The highest BCUT2D eigenvalue weighted by atomic mass is 35.5. The van der Waals surface area contributed by atoms with E-state index in [9.17, 15) is 9.59 Å². The van der Waals surface area contributed by atoms with E-state index in [1.807, 2.05) is 18.7 Å². The van der Waals surface area contributed by atoms with E-state index in [1.54, 1.807) is 0 Å². The monoisotopic (exact) mass is 331 g/mol. The lowest BCUT2D eigenvalue weighted by atomic mass is 9.91. The zero-order valence-corrected chi connectivity index (χ0v) is 14.6. The summed E-state index contributed by atoms with van der Waals surface area (Å²) in [5.41, 5.74) is 5.71. The summed E-state index contributed by atoms with van der Waals surface area (Å²) in [4.78, 5) is 26.3. The molecule has 3 N–H and O–H groups in total. The average molecular weight is 332 g/mol. The number of hydrogen-bond acceptors (Lipinski definition) is 3. The van der Waals surface area contributed by atoms with E-state index in [1.165, 1.54) is 0 Å². The van der Waals surface area contributed by atoms with Crippen molar-refractivity contribution in [3.8, 4) is 0 Å². The van der Waals surface area contributed by atoms with E-state index >= 15 is 0 Å². The molecule has 0 spiro atoms. The van der Waals surface area contributed by atoms with Crippen molar-refractivity contribution in [2.24, 2.45) is 17.6 Å². The van der Waals surface area contributed by atoms with E-state index < -0.39 is 0 Å². The van der Waals surface area contributed by atoms with Gasteiger partial charge in [-0.15, -0.1) is 12.4 Å². The molecule has 22 heavy (non-hydrogen) atoms. The highest BCUT2D eigenvalue weighted by Gasteiger charge is 2.36. The van der Waals surface area contributed by atoms with Gasteiger partial charge < -0.3 is 16.0 Å². The molecule has 2 amide bonds. The molecule has 2 fully saturated rings. The molecule has 2 aliphatic rings. The Morgan fingerprint density at radius 3 is 2.23 bits per heavy atom. The zero-order chi connectivity index (χ0) is 15.5. The van der Waals surface area contributed by atoms with Gasteiger partial charge in [0.2, 0.25) is 11.8 Å². The van der Waals surface area contributed by atoms with Crippen LogP contribution in [0.1, 0.15) is 52.4 Å². The van der Waals surface area contributed by atoms with Gasteiger partial charge in [-0.05, 0) is 25.7 Å². The second-order valence-corrected chi connectivity index (χ2v) is 6.94. The Hall–Kier alpha value is -0.810. The molecule has 2 rings (SSSR count). The van der Waals surface area contributed by atoms with Gasteiger partial charge in [0.1, 0.15) is 0 Å². The fourth-order valence-electron chi connectivity index (χ4n) is 3.52. The third-order valence-corrected chi connectivity index (χ3v) is 5.01. The number of hydrogen-bond donors (Lipinski definition) is 2. The number of nitrogens with two attached hydrogens (primary N) is 1. The van der Waals surface area contributed by atoms with Crippen LogP contribution in [0.25, 0.3) is 0 Å². The quantitative estimate of drug-likeness (QED) is 0.823. The maximum absolute atomic E-state index is 12.5. The van der Waals surface area contributed by atoms with Crippen molar-refractivity contribution < 1.29 is 9.59 Å². The molecular weight excluding hydrogens is 302 g/mol. The predicted molar refractivity (Wildman–Crippen MR) is 89.8 cm³/mol. The molecule has 0 unspecified atom stereocenters. The van der Waals surface area contributed by atoms with Gasteiger partial charge in [-0.2, -0.15) is 0 Å². The van der Waals surface area contributed by atoms with Crippen LogP contribution in [0, 0.1) is 11.8 Å². The Labute approximate surface area is 139 Å². The minimum Gasteiger partial charge on any atom is -0.349 e. The topological polar surface area (TPSA) is 75.4 Å². The molecule has 0 atom stereocenters. The fraction of sp³-hybridized carbons (Fsp3) is 0.875. The smallest absolute Gasteiger partial charge is 0.225 e. The van der Waals surface area contributed by atoms with Gasteiger partial charge in [0, 0.05) is 31.5 Å². The van der Waals surface area contributed by atoms with Crippen LogP contribution in [-0.2, 0) is 9.59 Å². The van der Waals surface area contributed by atoms with Crippen LogP contribution in [0.15, 0.2) is 0 Å². The molecule has 1 aliphatic carbocycles. The summed E-state index contributed by atoms with van der Waals surface area (Å²) >= 11 is 0. The first-order valence-corrected chi connectivity index (χ1v) is 8.28. The molecule has 1 saturated carbocycles. The summed E-state index contributed by atoms with van der Waals surface area (Å²) in [5, 5.41) is 3.21. The Kier molecular flexibility index (Phi) is 7.13. The van der Waals surface area contributed by atoms with Crippen molar-refractivity contribution >= 4 is 24.2 Å². The number of rotatable bonds is 4. The maximum atomic E-state index is 12.5. The van der Waals surface area contributed by atoms with E-state index in [4.69, 9.17) is 5.73 Å². The molecule has 1 heterocycles. The van der Waals surface area contributed by atoms with Crippen molar-refractivity contribution in [1.82, 2.24) is 10.2 Å². The van der Waals surface area contributed by atoms with Crippen molar-refractivity contribution in [3.63, 3.8) is 0 Å². The van der Waals surface area contributed by atoms with E-state index in [0.29, 0.717) is 19.6 Å². The largest absolute Gasteiger partial charge is 0.349 e. The van der Waals surface area contributed by atoms with Crippen LogP contribution >= 0.6 is 12.4 Å². The Balaban J connectivity index is 0.00000242. The van der Waals surface area contributed by atoms with Crippen LogP contribution in [0.3, 0.4) is 0 Å². The predicted octanol–water partition coefficient (Wildman–Crippen LogP) is 1.69.